The lowest BCUT2D eigenvalue weighted by molar-refractivity contribution is 0.425. The van der Waals surface area contributed by atoms with Crippen molar-refractivity contribution in [2.24, 2.45) is 0 Å². The van der Waals surface area contributed by atoms with E-state index in [0.29, 0.717) is 16.3 Å². The molecule has 0 saturated heterocycles. The molecule has 7 heteroatoms. The van der Waals surface area contributed by atoms with Crippen LogP contribution in [0.2, 0.25) is 0 Å². The Kier molecular flexibility index (Phi) is 4.15. The molecule has 0 saturated carbocycles. The number of hydrogen-bond acceptors (Lipinski definition) is 4. The predicted molar refractivity (Wildman–Crippen MR) is 75.6 cm³/mol. The monoisotopic (exact) mass is 322 g/mol. The van der Waals surface area contributed by atoms with Gasteiger partial charge in [0, 0.05) is 16.5 Å². The van der Waals surface area contributed by atoms with Gasteiger partial charge < -0.3 is 4.52 Å². The third-order valence-electron chi connectivity index (χ3n) is 2.81. The molecule has 0 radical (unpaired) electrons. The number of rotatable bonds is 4. The minimum absolute atomic E-state index is 0.259. The summed E-state index contributed by atoms with van der Waals surface area (Å²) in [6.07, 6.45) is 0. The van der Waals surface area contributed by atoms with Crippen LogP contribution in [0.5, 0.6) is 0 Å². The van der Waals surface area contributed by atoms with E-state index in [2.05, 4.69) is 10.1 Å². The first-order valence-electron chi connectivity index (χ1n) is 6.28. The Hall–Kier alpha value is -2.28. The van der Waals surface area contributed by atoms with Crippen molar-refractivity contribution in [1.29, 1.82) is 0 Å². The molecule has 1 heterocycles. The minimum Gasteiger partial charge on any atom is -0.334 e. The lowest BCUT2D eigenvalue weighted by Crippen LogP contribution is -1.87. The van der Waals surface area contributed by atoms with Crippen molar-refractivity contribution in [3.63, 3.8) is 0 Å². The molecule has 22 heavy (non-hydrogen) atoms. The van der Waals surface area contributed by atoms with Gasteiger partial charge in [-0.05, 0) is 36.4 Å². The molecule has 112 valence electrons. The maximum Gasteiger partial charge on any atom is 0.257 e. The Labute approximate surface area is 128 Å². The molecule has 0 aliphatic rings. The number of nitrogens with zero attached hydrogens (tertiary/aromatic N) is 2. The summed E-state index contributed by atoms with van der Waals surface area (Å²) < 4.78 is 44.2. The Morgan fingerprint density at radius 1 is 0.955 bits per heavy atom. The highest BCUT2D eigenvalue weighted by atomic mass is 32.2. The van der Waals surface area contributed by atoms with E-state index in [0.717, 1.165) is 17.8 Å². The highest BCUT2D eigenvalue weighted by Crippen LogP contribution is 2.26. The van der Waals surface area contributed by atoms with Gasteiger partial charge in [-0.3, -0.25) is 0 Å². The first kappa shape index (κ1) is 14.6. The van der Waals surface area contributed by atoms with Gasteiger partial charge in [-0.1, -0.05) is 5.16 Å². The van der Waals surface area contributed by atoms with E-state index in [1.807, 2.05) is 0 Å². The molecule has 0 unspecified atom stereocenters. The summed E-state index contributed by atoms with van der Waals surface area (Å²) in [7, 11) is 0. The second-order valence-electron chi connectivity index (χ2n) is 4.39. The number of aromatic nitrogens is 2. The third-order valence-corrected chi connectivity index (χ3v) is 3.85. The predicted octanol–water partition coefficient (Wildman–Crippen LogP) is 4.45. The van der Waals surface area contributed by atoms with Gasteiger partial charge in [-0.25, -0.2) is 13.2 Å². The normalized spacial score (nSPS) is 10.9. The zero-order chi connectivity index (χ0) is 15.5. The van der Waals surface area contributed by atoms with Crippen LogP contribution in [0.15, 0.2) is 51.9 Å². The zero-order valence-electron chi connectivity index (χ0n) is 11.1. The lowest BCUT2D eigenvalue weighted by atomic mass is 10.2. The SMILES string of the molecule is Fc1ccc(-c2nc(CSc3ccc(F)cc3F)no2)cc1. The van der Waals surface area contributed by atoms with Crippen LogP contribution in [0.4, 0.5) is 13.2 Å². The van der Waals surface area contributed by atoms with Crippen molar-refractivity contribution in [3.8, 4) is 11.5 Å². The molecular weight excluding hydrogens is 313 g/mol. The lowest BCUT2D eigenvalue weighted by Gasteiger charge is -2.00. The second kappa shape index (κ2) is 6.23. The smallest absolute Gasteiger partial charge is 0.257 e. The molecule has 3 rings (SSSR count). The van der Waals surface area contributed by atoms with Crippen LogP contribution in [0, 0.1) is 17.5 Å². The van der Waals surface area contributed by atoms with Gasteiger partial charge in [0.25, 0.3) is 5.89 Å². The van der Waals surface area contributed by atoms with Crippen molar-refractivity contribution in [3.05, 3.63) is 65.7 Å². The van der Waals surface area contributed by atoms with Crippen molar-refractivity contribution in [2.75, 3.05) is 0 Å². The maximum atomic E-state index is 13.5. The van der Waals surface area contributed by atoms with Crippen LogP contribution < -0.4 is 0 Å². The van der Waals surface area contributed by atoms with Crippen LogP contribution in [0.1, 0.15) is 5.82 Å². The summed E-state index contributed by atoms with van der Waals surface area (Å²) in [5.74, 6) is -0.714. The van der Waals surface area contributed by atoms with Gasteiger partial charge in [-0.2, -0.15) is 4.98 Å². The Morgan fingerprint density at radius 2 is 1.68 bits per heavy atom. The first-order valence-corrected chi connectivity index (χ1v) is 7.27. The van der Waals surface area contributed by atoms with Crippen molar-refractivity contribution >= 4 is 11.8 Å². The van der Waals surface area contributed by atoms with Crippen molar-refractivity contribution < 1.29 is 17.7 Å². The Balaban J connectivity index is 1.70. The molecule has 3 nitrogen and oxygen atoms in total. The molecule has 0 spiro atoms. The first-order chi connectivity index (χ1) is 10.6. The second-order valence-corrected chi connectivity index (χ2v) is 5.40. The fourth-order valence-corrected chi connectivity index (χ4v) is 2.52. The summed E-state index contributed by atoms with van der Waals surface area (Å²) in [6.45, 7) is 0. The van der Waals surface area contributed by atoms with E-state index in [9.17, 15) is 13.2 Å². The van der Waals surface area contributed by atoms with Crippen LogP contribution in [-0.4, -0.2) is 10.1 Å². The average Bonchev–Trinajstić information content (AvgIpc) is 2.96. The van der Waals surface area contributed by atoms with Gasteiger partial charge >= 0.3 is 0 Å². The molecule has 0 amide bonds. The summed E-state index contributed by atoms with van der Waals surface area (Å²) in [5.41, 5.74) is 0.595. The van der Waals surface area contributed by atoms with E-state index in [1.54, 1.807) is 0 Å². The van der Waals surface area contributed by atoms with Crippen molar-refractivity contribution in [1.82, 2.24) is 10.1 Å². The zero-order valence-corrected chi connectivity index (χ0v) is 11.9. The number of benzene rings is 2. The molecule has 2 aromatic carbocycles. The molecule has 0 aliphatic heterocycles. The van der Waals surface area contributed by atoms with E-state index in [1.165, 1.54) is 36.4 Å². The number of hydrogen-bond donors (Lipinski definition) is 0. The molecular formula is C15H9F3N2OS. The fourth-order valence-electron chi connectivity index (χ4n) is 1.76. The van der Waals surface area contributed by atoms with Gasteiger partial charge in [0.15, 0.2) is 5.82 Å². The quantitative estimate of drug-likeness (QED) is 0.665. The van der Waals surface area contributed by atoms with Gasteiger partial charge in [-0.15, -0.1) is 11.8 Å². The fraction of sp³-hybridized carbons (Fsp3) is 0.0667. The third kappa shape index (κ3) is 3.30. The van der Waals surface area contributed by atoms with Crippen molar-refractivity contribution in [2.45, 2.75) is 10.6 Å². The number of halogens is 3. The topological polar surface area (TPSA) is 38.9 Å². The van der Waals surface area contributed by atoms with Gasteiger partial charge in [0.2, 0.25) is 0 Å². The maximum absolute atomic E-state index is 13.5. The standard InChI is InChI=1S/C15H9F3N2OS/c16-10-3-1-9(2-4-10)15-19-14(20-21-15)8-22-13-6-5-11(17)7-12(13)18/h1-7H,8H2. The van der Waals surface area contributed by atoms with Gasteiger partial charge in [0.05, 0.1) is 5.75 Å². The minimum atomic E-state index is -0.632. The molecule has 0 aliphatic carbocycles. The summed E-state index contributed by atoms with van der Waals surface area (Å²) >= 11 is 1.13. The summed E-state index contributed by atoms with van der Waals surface area (Å²) in [6, 6.07) is 9.01. The molecule has 1 aromatic heterocycles. The molecule has 0 N–H and O–H groups in total. The molecule has 3 aromatic rings. The van der Waals surface area contributed by atoms with Crippen LogP contribution >= 0.6 is 11.8 Å². The number of thioether (sulfide) groups is 1. The van der Waals surface area contributed by atoms with Crippen LogP contribution in [0.3, 0.4) is 0 Å². The van der Waals surface area contributed by atoms with E-state index < -0.39 is 11.6 Å². The van der Waals surface area contributed by atoms with Crippen LogP contribution in [0.25, 0.3) is 11.5 Å². The Morgan fingerprint density at radius 3 is 2.41 bits per heavy atom. The van der Waals surface area contributed by atoms with E-state index in [4.69, 9.17) is 4.52 Å². The highest BCUT2D eigenvalue weighted by molar-refractivity contribution is 7.98. The summed E-state index contributed by atoms with van der Waals surface area (Å²) in [4.78, 5) is 4.46. The molecule has 0 bridgehead atoms. The summed E-state index contributed by atoms with van der Waals surface area (Å²) in [5, 5.41) is 3.78. The van der Waals surface area contributed by atoms with E-state index >= 15 is 0 Å². The Bertz CT molecular complexity index is 790. The molecule has 0 atom stereocenters. The molecule has 0 fully saturated rings. The van der Waals surface area contributed by atoms with E-state index in [-0.39, 0.29) is 17.5 Å². The van der Waals surface area contributed by atoms with Gasteiger partial charge in [0.1, 0.15) is 17.5 Å². The average molecular weight is 322 g/mol. The largest absolute Gasteiger partial charge is 0.334 e. The highest BCUT2D eigenvalue weighted by Gasteiger charge is 2.11. The van der Waals surface area contributed by atoms with Crippen LogP contribution in [-0.2, 0) is 5.75 Å².